The average Bonchev–Trinajstić information content (AvgIpc) is 2.33. The van der Waals surface area contributed by atoms with E-state index in [1.165, 1.54) is 26.4 Å². The van der Waals surface area contributed by atoms with Crippen LogP contribution in [-0.4, -0.2) is 26.2 Å². The lowest BCUT2D eigenvalue weighted by molar-refractivity contribution is -0.216. The van der Waals surface area contributed by atoms with Crippen LogP contribution in [0.1, 0.15) is 31.8 Å². The molecule has 0 aliphatic carbocycles. The van der Waals surface area contributed by atoms with E-state index in [1.807, 2.05) is 0 Å². The minimum atomic E-state index is -0.621. The van der Waals surface area contributed by atoms with E-state index in [1.54, 1.807) is 13.8 Å². The molecule has 0 aromatic heterocycles. The second kappa shape index (κ2) is 6.13. The lowest BCUT2D eigenvalue weighted by atomic mass is 9.98. The molecule has 6 nitrogen and oxygen atoms in total. The number of hydrogen-bond acceptors (Lipinski definition) is 6. The molecule has 1 aromatic rings. The number of carbonyl (C=O) groups excluding carboxylic acids is 2. The second-order valence-corrected chi connectivity index (χ2v) is 3.49. The highest BCUT2D eigenvalue weighted by atomic mass is 17.2. The van der Waals surface area contributed by atoms with Crippen molar-refractivity contribution in [3.8, 4) is 0 Å². The topological polar surface area (TPSA) is 71.1 Å². The van der Waals surface area contributed by atoms with Crippen LogP contribution in [-0.2, 0) is 19.6 Å². The molecule has 0 atom stereocenters. The molecular formula is C12H14O6. The fraction of sp³-hybridized carbons (Fsp3) is 0.333. The SMILES string of the molecule is COOC(=O)c1ccc(C(=O)OOC)c(C)c1C. The molecule has 0 fully saturated rings. The van der Waals surface area contributed by atoms with Crippen molar-refractivity contribution in [2.45, 2.75) is 13.8 Å². The molecule has 0 aliphatic rings. The van der Waals surface area contributed by atoms with Crippen molar-refractivity contribution >= 4 is 11.9 Å². The Labute approximate surface area is 104 Å². The van der Waals surface area contributed by atoms with Crippen molar-refractivity contribution in [3.05, 3.63) is 34.4 Å². The third-order valence-corrected chi connectivity index (χ3v) is 2.55. The minimum Gasteiger partial charge on any atom is -0.293 e. The van der Waals surface area contributed by atoms with Gasteiger partial charge in [0.1, 0.15) is 0 Å². The molecule has 0 saturated heterocycles. The first-order valence-electron chi connectivity index (χ1n) is 5.13. The summed E-state index contributed by atoms with van der Waals surface area (Å²) < 4.78 is 0. The van der Waals surface area contributed by atoms with E-state index in [0.29, 0.717) is 22.3 Å². The van der Waals surface area contributed by atoms with E-state index >= 15 is 0 Å². The van der Waals surface area contributed by atoms with E-state index in [4.69, 9.17) is 0 Å². The molecule has 0 spiro atoms. The standard InChI is InChI=1S/C12H14O6/c1-7-8(2)10(12(14)18-16-4)6-5-9(7)11(13)17-15-3/h5-6H,1-4H3. The number of benzene rings is 1. The van der Waals surface area contributed by atoms with E-state index in [9.17, 15) is 9.59 Å². The van der Waals surface area contributed by atoms with Gasteiger partial charge in [-0.15, -0.1) is 0 Å². The van der Waals surface area contributed by atoms with Gasteiger partial charge in [-0.2, -0.15) is 9.78 Å². The first-order chi connectivity index (χ1) is 8.52. The van der Waals surface area contributed by atoms with Crippen molar-refractivity contribution in [3.63, 3.8) is 0 Å². The second-order valence-electron chi connectivity index (χ2n) is 3.49. The lowest BCUT2D eigenvalue weighted by Crippen LogP contribution is -2.12. The van der Waals surface area contributed by atoms with Crippen LogP contribution < -0.4 is 0 Å². The van der Waals surface area contributed by atoms with Crippen molar-refractivity contribution in [2.24, 2.45) is 0 Å². The smallest absolute Gasteiger partial charge is 0.293 e. The number of rotatable bonds is 4. The fourth-order valence-electron chi connectivity index (χ4n) is 1.50. The quantitative estimate of drug-likeness (QED) is 0.602. The van der Waals surface area contributed by atoms with Crippen LogP contribution in [0, 0.1) is 13.8 Å². The molecule has 98 valence electrons. The molecule has 18 heavy (non-hydrogen) atoms. The molecule has 0 amide bonds. The van der Waals surface area contributed by atoms with Gasteiger partial charge in [0.2, 0.25) is 0 Å². The van der Waals surface area contributed by atoms with Gasteiger partial charge < -0.3 is 0 Å². The van der Waals surface area contributed by atoms with Crippen molar-refractivity contribution in [1.82, 2.24) is 0 Å². The van der Waals surface area contributed by atoms with Gasteiger partial charge in [0.15, 0.2) is 0 Å². The Hall–Kier alpha value is -1.92. The van der Waals surface area contributed by atoms with E-state index in [2.05, 4.69) is 19.6 Å². The van der Waals surface area contributed by atoms with Crippen LogP contribution in [0.15, 0.2) is 12.1 Å². The lowest BCUT2D eigenvalue weighted by Gasteiger charge is -2.10. The van der Waals surface area contributed by atoms with E-state index < -0.39 is 11.9 Å². The largest absolute Gasteiger partial charge is 0.373 e. The normalized spacial score (nSPS) is 10.0. The van der Waals surface area contributed by atoms with Gasteiger partial charge in [0, 0.05) is 0 Å². The van der Waals surface area contributed by atoms with Gasteiger partial charge in [0.05, 0.1) is 25.3 Å². The minimum absolute atomic E-state index is 0.323. The van der Waals surface area contributed by atoms with Gasteiger partial charge in [-0.1, -0.05) is 0 Å². The van der Waals surface area contributed by atoms with Crippen LogP contribution in [0.5, 0.6) is 0 Å². The maximum absolute atomic E-state index is 11.5. The average molecular weight is 254 g/mol. The predicted octanol–water partition coefficient (Wildman–Crippen LogP) is 1.74. The van der Waals surface area contributed by atoms with Gasteiger partial charge in [-0.3, -0.25) is 9.78 Å². The Bertz CT molecular complexity index is 423. The highest BCUT2D eigenvalue weighted by Gasteiger charge is 2.19. The molecule has 6 heteroatoms. The Kier molecular flexibility index (Phi) is 4.82. The van der Waals surface area contributed by atoms with Gasteiger partial charge >= 0.3 is 11.9 Å². The summed E-state index contributed by atoms with van der Waals surface area (Å²) in [4.78, 5) is 40.6. The van der Waals surface area contributed by atoms with Crippen LogP contribution in [0.3, 0.4) is 0 Å². The summed E-state index contributed by atoms with van der Waals surface area (Å²) in [5.41, 5.74) is 1.87. The Morgan fingerprint density at radius 3 is 1.44 bits per heavy atom. The molecule has 0 bridgehead atoms. The molecule has 0 saturated carbocycles. The molecule has 0 aliphatic heterocycles. The highest BCUT2D eigenvalue weighted by Crippen LogP contribution is 2.19. The summed E-state index contributed by atoms with van der Waals surface area (Å²) in [6, 6.07) is 2.94. The van der Waals surface area contributed by atoms with Crippen LogP contribution in [0.2, 0.25) is 0 Å². The summed E-state index contributed by atoms with van der Waals surface area (Å²) in [6.07, 6.45) is 0. The zero-order valence-corrected chi connectivity index (χ0v) is 10.6. The molecular weight excluding hydrogens is 240 g/mol. The number of carbonyl (C=O) groups is 2. The first kappa shape index (κ1) is 14.1. The summed E-state index contributed by atoms with van der Waals surface area (Å²) in [6.45, 7) is 3.40. The summed E-state index contributed by atoms with van der Waals surface area (Å²) in [5, 5.41) is 0. The third kappa shape index (κ3) is 2.85. The van der Waals surface area contributed by atoms with Crippen LogP contribution >= 0.6 is 0 Å². The van der Waals surface area contributed by atoms with E-state index in [-0.39, 0.29) is 0 Å². The Morgan fingerprint density at radius 2 is 1.17 bits per heavy atom. The Morgan fingerprint density at radius 1 is 0.833 bits per heavy atom. The maximum Gasteiger partial charge on any atom is 0.373 e. The third-order valence-electron chi connectivity index (χ3n) is 2.55. The van der Waals surface area contributed by atoms with Crippen LogP contribution in [0.25, 0.3) is 0 Å². The summed E-state index contributed by atoms with van der Waals surface area (Å²) in [5.74, 6) is -1.24. The predicted molar refractivity (Wildman–Crippen MR) is 60.8 cm³/mol. The highest BCUT2D eigenvalue weighted by molar-refractivity contribution is 5.95. The molecule has 1 rings (SSSR count). The summed E-state index contributed by atoms with van der Waals surface area (Å²) >= 11 is 0. The van der Waals surface area contributed by atoms with Crippen molar-refractivity contribution in [2.75, 3.05) is 14.2 Å². The van der Waals surface area contributed by atoms with E-state index in [0.717, 1.165) is 0 Å². The molecule has 1 aromatic carbocycles. The van der Waals surface area contributed by atoms with Crippen molar-refractivity contribution < 1.29 is 29.1 Å². The fourth-order valence-corrected chi connectivity index (χ4v) is 1.50. The zero-order chi connectivity index (χ0) is 13.7. The molecule has 0 heterocycles. The first-order valence-corrected chi connectivity index (χ1v) is 5.13. The Balaban J connectivity index is 3.12. The van der Waals surface area contributed by atoms with Gasteiger partial charge in [-0.25, -0.2) is 9.59 Å². The van der Waals surface area contributed by atoms with Gasteiger partial charge in [0.25, 0.3) is 0 Å². The van der Waals surface area contributed by atoms with Crippen LogP contribution in [0.4, 0.5) is 0 Å². The zero-order valence-electron chi connectivity index (χ0n) is 10.6. The maximum atomic E-state index is 11.5. The monoisotopic (exact) mass is 254 g/mol. The van der Waals surface area contributed by atoms with Gasteiger partial charge in [-0.05, 0) is 37.1 Å². The summed E-state index contributed by atoms with van der Waals surface area (Å²) in [7, 11) is 2.48. The molecule has 0 N–H and O–H groups in total. The van der Waals surface area contributed by atoms with Crippen molar-refractivity contribution in [1.29, 1.82) is 0 Å². The number of hydrogen-bond donors (Lipinski definition) is 0. The molecule has 0 radical (unpaired) electrons. The molecule has 0 unspecified atom stereocenters.